The summed E-state index contributed by atoms with van der Waals surface area (Å²) in [6.07, 6.45) is 0.667. The van der Waals surface area contributed by atoms with Crippen molar-refractivity contribution in [1.82, 2.24) is 10.2 Å². The molecule has 5 heteroatoms. The molecule has 0 aliphatic carbocycles. The molecule has 1 rings (SSSR count). The van der Waals surface area contributed by atoms with Crippen LogP contribution in [0.5, 0.6) is 0 Å². The Morgan fingerprint density at radius 2 is 2.50 bits per heavy atom. The molecule has 2 atom stereocenters. The fraction of sp³-hybridized carbons (Fsp3) is 0.889. The molecule has 1 saturated heterocycles. The number of hydrogen-bond donors (Lipinski definition) is 2. The van der Waals surface area contributed by atoms with Gasteiger partial charge >= 0.3 is 0 Å². The number of nitrogens with zero attached hydrogens (tertiary/aromatic N) is 1. The van der Waals surface area contributed by atoms with Crippen molar-refractivity contribution < 1.29 is 9.90 Å². The Bertz CT molecular complexity index is 201. The minimum atomic E-state index is -0.314. The van der Waals surface area contributed by atoms with Crippen LogP contribution in [0.3, 0.4) is 0 Å². The van der Waals surface area contributed by atoms with Gasteiger partial charge in [0.25, 0.3) is 0 Å². The molecule has 4 nitrogen and oxygen atoms in total. The lowest BCUT2D eigenvalue weighted by molar-refractivity contribution is -0.119. The largest absolute Gasteiger partial charge is 0.391 e. The van der Waals surface area contributed by atoms with Crippen molar-refractivity contribution in [2.75, 3.05) is 25.0 Å². The van der Waals surface area contributed by atoms with Gasteiger partial charge in [-0.05, 0) is 6.42 Å². The first-order valence-corrected chi connectivity index (χ1v) is 5.97. The summed E-state index contributed by atoms with van der Waals surface area (Å²) in [7, 11) is 0. The molecule has 0 bridgehead atoms. The van der Waals surface area contributed by atoms with Crippen LogP contribution >= 0.6 is 15.9 Å². The molecule has 0 saturated carbocycles. The monoisotopic (exact) mass is 264 g/mol. The predicted octanol–water partition coefficient (Wildman–Crippen LogP) is -0.0474. The van der Waals surface area contributed by atoms with Crippen LogP contribution in [0.4, 0.5) is 0 Å². The first-order chi connectivity index (χ1) is 6.61. The van der Waals surface area contributed by atoms with Crippen molar-refractivity contribution in [2.24, 2.45) is 0 Å². The van der Waals surface area contributed by atoms with E-state index in [1.807, 2.05) is 0 Å². The van der Waals surface area contributed by atoms with Crippen LogP contribution in [0.25, 0.3) is 0 Å². The minimum Gasteiger partial charge on any atom is -0.391 e. The molecular weight excluding hydrogens is 248 g/mol. The van der Waals surface area contributed by atoms with Crippen molar-refractivity contribution in [2.45, 2.75) is 25.5 Å². The molecule has 0 radical (unpaired) electrons. The number of carbonyl (C=O) groups excluding carboxylic acids is 1. The highest BCUT2D eigenvalue weighted by atomic mass is 79.9. The van der Waals surface area contributed by atoms with Crippen molar-refractivity contribution in [3.8, 4) is 0 Å². The number of aliphatic hydroxyl groups excluding tert-OH is 1. The molecule has 0 aromatic heterocycles. The van der Waals surface area contributed by atoms with Crippen LogP contribution in [0.1, 0.15) is 13.3 Å². The number of aliphatic hydroxyl groups is 1. The second kappa shape index (κ2) is 5.68. The van der Waals surface area contributed by atoms with Gasteiger partial charge in [0, 0.05) is 37.9 Å². The van der Waals surface area contributed by atoms with Gasteiger partial charge in [-0.3, -0.25) is 9.69 Å². The molecule has 14 heavy (non-hydrogen) atoms. The standard InChI is InChI=1S/C9H17BrN2O2/c1-7(13)11-8-2-3-12(5-8)6-9(14)4-10/h8-9,14H,2-6H2,1H3,(H,11,13). The Balaban J connectivity index is 2.23. The second-order valence-electron chi connectivity index (χ2n) is 3.75. The molecule has 1 aliphatic heterocycles. The van der Waals surface area contributed by atoms with E-state index in [9.17, 15) is 9.90 Å². The number of halogens is 1. The molecule has 1 fully saturated rings. The van der Waals surface area contributed by atoms with Crippen molar-refractivity contribution >= 4 is 21.8 Å². The first kappa shape index (κ1) is 11.9. The van der Waals surface area contributed by atoms with Crippen LogP contribution < -0.4 is 5.32 Å². The van der Waals surface area contributed by atoms with E-state index in [2.05, 4.69) is 26.1 Å². The molecule has 0 aromatic carbocycles. The number of nitrogens with one attached hydrogen (secondary N) is 1. The van der Waals surface area contributed by atoms with Gasteiger partial charge in [-0.15, -0.1) is 0 Å². The average Bonchev–Trinajstić information content (AvgIpc) is 2.51. The Labute approximate surface area is 92.8 Å². The molecule has 2 unspecified atom stereocenters. The summed E-state index contributed by atoms with van der Waals surface area (Å²) in [5, 5.41) is 12.9. The van der Waals surface area contributed by atoms with Gasteiger partial charge < -0.3 is 10.4 Å². The summed E-state index contributed by atoms with van der Waals surface area (Å²) >= 11 is 3.23. The van der Waals surface area contributed by atoms with E-state index in [0.717, 1.165) is 19.5 Å². The zero-order valence-electron chi connectivity index (χ0n) is 8.37. The molecule has 2 N–H and O–H groups in total. The lowest BCUT2D eigenvalue weighted by Gasteiger charge is -2.18. The molecule has 0 aromatic rings. The second-order valence-corrected chi connectivity index (χ2v) is 4.40. The zero-order chi connectivity index (χ0) is 10.6. The Kier molecular flexibility index (Phi) is 4.84. The predicted molar refractivity (Wildman–Crippen MR) is 58.5 cm³/mol. The number of hydrogen-bond acceptors (Lipinski definition) is 3. The van der Waals surface area contributed by atoms with E-state index in [0.29, 0.717) is 11.9 Å². The fourth-order valence-electron chi connectivity index (χ4n) is 1.75. The van der Waals surface area contributed by atoms with Crippen LogP contribution in [0.15, 0.2) is 0 Å². The summed E-state index contributed by atoms with van der Waals surface area (Å²) in [6, 6.07) is 0.259. The maximum Gasteiger partial charge on any atom is 0.217 e. The van der Waals surface area contributed by atoms with Crippen molar-refractivity contribution in [3.05, 3.63) is 0 Å². The van der Waals surface area contributed by atoms with Crippen molar-refractivity contribution in [3.63, 3.8) is 0 Å². The minimum absolute atomic E-state index is 0.0258. The smallest absolute Gasteiger partial charge is 0.217 e. The molecule has 1 heterocycles. The van der Waals surface area contributed by atoms with Gasteiger partial charge in [0.2, 0.25) is 5.91 Å². The Hall–Kier alpha value is -0.130. The number of likely N-dealkylation sites (tertiary alicyclic amines) is 1. The Morgan fingerprint density at radius 1 is 1.79 bits per heavy atom. The third kappa shape index (κ3) is 3.94. The van der Waals surface area contributed by atoms with Gasteiger partial charge in [0.1, 0.15) is 0 Å². The van der Waals surface area contributed by atoms with E-state index in [1.54, 1.807) is 0 Å². The first-order valence-electron chi connectivity index (χ1n) is 4.85. The number of β-amino-alcohol motifs (C(OH)–C–C–N with tert-alkyl or cyclic N) is 1. The molecule has 1 amide bonds. The van der Waals surface area contributed by atoms with Gasteiger partial charge in [-0.2, -0.15) is 0 Å². The lowest BCUT2D eigenvalue weighted by atomic mass is 10.2. The van der Waals surface area contributed by atoms with E-state index in [-0.39, 0.29) is 18.1 Å². The summed E-state index contributed by atoms with van der Waals surface area (Å²) in [5.41, 5.74) is 0. The van der Waals surface area contributed by atoms with E-state index < -0.39 is 0 Å². The maximum absolute atomic E-state index is 10.8. The number of rotatable bonds is 4. The van der Waals surface area contributed by atoms with Gasteiger partial charge in [-0.25, -0.2) is 0 Å². The number of carbonyl (C=O) groups is 1. The van der Waals surface area contributed by atoms with Crippen LogP contribution in [0.2, 0.25) is 0 Å². The molecule has 1 aliphatic rings. The van der Waals surface area contributed by atoms with Crippen molar-refractivity contribution in [1.29, 1.82) is 0 Å². The number of amides is 1. The van der Waals surface area contributed by atoms with Gasteiger partial charge in [-0.1, -0.05) is 15.9 Å². The quantitative estimate of drug-likeness (QED) is 0.701. The van der Waals surface area contributed by atoms with E-state index >= 15 is 0 Å². The van der Waals surface area contributed by atoms with Gasteiger partial charge in [0.15, 0.2) is 0 Å². The Morgan fingerprint density at radius 3 is 3.07 bits per heavy atom. The van der Waals surface area contributed by atoms with Gasteiger partial charge in [0.05, 0.1) is 6.10 Å². The third-order valence-electron chi connectivity index (χ3n) is 2.33. The summed E-state index contributed by atoms with van der Waals surface area (Å²) < 4.78 is 0. The molecule has 0 spiro atoms. The van der Waals surface area contributed by atoms with Crippen LogP contribution in [0, 0.1) is 0 Å². The average molecular weight is 265 g/mol. The lowest BCUT2D eigenvalue weighted by Crippen LogP contribution is -2.37. The fourth-order valence-corrected chi connectivity index (χ4v) is 1.96. The summed E-state index contributed by atoms with van der Waals surface area (Å²) in [6.45, 7) is 4.02. The highest BCUT2D eigenvalue weighted by Crippen LogP contribution is 2.09. The zero-order valence-corrected chi connectivity index (χ0v) is 9.96. The molecule has 82 valence electrons. The summed E-state index contributed by atoms with van der Waals surface area (Å²) in [5.74, 6) is 0.0258. The van der Waals surface area contributed by atoms with Crippen LogP contribution in [-0.2, 0) is 4.79 Å². The highest BCUT2D eigenvalue weighted by molar-refractivity contribution is 9.09. The maximum atomic E-state index is 10.8. The SMILES string of the molecule is CC(=O)NC1CCN(CC(O)CBr)C1. The molecular formula is C9H17BrN2O2. The third-order valence-corrected chi connectivity index (χ3v) is 3.07. The highest BCUT2D eigenvalue weighted by Gasteiger charge is 2.23. The normalized spacial score (nSPS) is 24.9. The van der Waals surface area contributed by atoms with E-state index in [1.165, 1.54) is 6.92 Å². The van der Waals surface area contributed by atoms with Crippen LogP contribution in [-0.4, -0.2) is 53.0 Å². The van der Waals surface area contributed by atoms with E-state index in [4.69, 9.17) is 0 Å². The summed E-state index contributed by atoms with van der Waals surface area (Å²) in [4.78, 5) is 13.0. The topological polar surface area (TPSA) is 52.6 Å². The number of alkyl halides is 1.